The first-order valence-electron chi connectivity index (χ1n) is 14.5. The van der Waals surface area contributed by atoms with Crippen LogP contribution in [0.15, 0.2) is 73.6 Å². The van der Waals surface area contributed by atoms with Crippen LogP contribution in [0.5, 0.6) is 11.5 Å². The summed E-state index contributed by atoms with van der Waals surface area (Å²) in [6.45, 7) is 2.81. The molecule has 0 spiro atoms. The number of rotatable bonds is 8. The molecule has 1 aliphatic rings. The van der Waals surface area contributed by atoms with E-state index in [-0.39, 0.29) is 6.23 Å². The third kappa shape index (κ3) is 5.11. The normalized spacial score (nSPS) is 14.9. The Labute approximate surface area is 254 Å². The van der Waals surface area contributed by atoms with E-state index in [4.69, 9.17) is 24.2 Å². The van der Waals surface area contributed by atoms with Crippen LogP contribution in [0.2, 0.25) is 0 Å². The van der Waals surface area contributed by atoms with Crippen LogP contribution in [0.1, 0.15) is 31.1 Å². The molecule has 0 aliphatic carbocycles. The highest BCUT2D eigenvalue weighted by Crippen LogP contribution is 2.38. The Morgan fingerprint density at radius 1 is 0.841 bits per heavy atom. The number of methoxy groups -OCH3 is 2. The first kappa shape index (κ1) is 27.5. The highest BCUT2D eigenvalue weighted by Gasteiger charge is 2.22. The number of imidazole rings is 1. The number of ether oxygens (including phenoxy) is 3. The summed E-state index contributed by atoms with van der Waals surface area (Å²) in [6.07, 6.45) is 9.99. The first-order valence-corrected chi connectivity index (χ1v) is 14.5. The largest absolute Gasteiger partial charge is 0.497 e. The van der Waals surface area contributed by atoms with Gasteiger partial charge in [0.25, 0.3) is 0 Å². The van der Waals surface area contributed by atoms with Gasteiger partial charge >= 0.3 is 0 Å². The summed E-state index contributed by atoms with van der Waals surface area (Å²) in [4.78, 5) is 23.4. The fourth-order valence-electron chi connectivity index (χ4n) is 5.66. The Hall–Kier alpha value is -5.29. The molecule has 1 saturated heterocycles. The summed E-state index contributed by atoms with van der Waals surface area (Å²) >= 11 is 0. The molecule has 6 aromatic rings. The van der Waals surface area contributed by atoms with E-state index >= 15 is 0 Å². The van der Waals surface area contributed by atoms with E-state index in [1.54, 1.807) is 39.3 Å². The van der Waals surface area contributed by atoms with Crippen LogP contribution in [0, 0.1) is 6.92 Å². The second-order valence-corrected chi connectivity index (χ2v) is 10.6. The van der Waals surface area contributed by atoms with Gasteiger partial charge in [0, 0.05) is 59.2 Å². The van der Waals surface area contributed by atoms with Gasteiger partial charge in [0.2, 0.25) is 0 Å². The number of aromatic nitrogens is 6. The van der Waals surface area contributed by atoms with Gasteiger partial charge in [-0.05, 0) is 49.9 Å². The third-order valence-corrected chi connectivity index (χ3v) is 7.90. The summed E-state index contributed by atoms with van der Waals surface area (Å²) < 4.78 is 18.9. The van der Waals surface area contributed by atoms with Crippen LogP contribution in [-0.2, 0) is 4.74 Å². The maximum atomic E-state index is 6.02. The number of pyridine rings is 2. The lowest BCUT2D eigenvalue weighted by atomic mass is 10.0. The second kappa shape index (κ2) is 11.8. The highest BCUT2D eigenvalue weighted by molar-refractivity contribution is 6.03. The van der Waals surface area contributed by atoms with Crippen molar-refractivity contribution in [1.82, 2.24) is 29.5 Å². The van der Waals surface area contributed by atoms with Crippen LogP contribution < -0.4 is 20.1 Å². The molecule has 7 rings (SSSR count). The molecule has 0 amide bonds. The zero-order chi connectivity index (χ0) is 30.0. The molecule has 1 unspecified atom stereocenters. The molecular weight excluding hydrogens is 556 g/mol. The molecule has 44 heavy (non-hydrogen) atoms. The van der Waals surface area contributed by atoms with Crippen LogP contribution in [0.25, 0.3) is 33.2 Å². The summed E-state index contributed by atoms with van der Waals surface area (Å²) in [7, 11) is 3.26. The number of aryl methyl sites for hydroxylation is 1. The minimum absolute atomic E-state index is 0.0733. The number of anilines is 4. The van der Waals surface area contributed by atoms with E-state index in [1.807, 2.05) is 41.0 Å². The lowest BCUT2D eigenvalue weighted by Gasteiger charge is -2.23. The molecule has 2 N–H and O–H groups in total. The topological polar surface area (TPSA) is 121 Å². The SMILES string of the molecule is COc1cc(Nc2nccc3c(Nc4ncccc4-c4ncnc5c4ncn5C4CCCCO4)c(C)ccc23)cc(OC)c1. The van der Waals surface area contributed by atoms with Crippen molar-refractivity contribution in [2.75, 3.05) is 31.5 Å². The molecule has 11 nitrogen and oxygen atoms in total. The van der Waals surface area contributed by atoms with Crippen LogP contribution in [0.3, 0.4) is 0 Å². The second-order valence-electron chi connectivity index (χ2n) is 10.6. The number of fused-ring (bicyclic) bond motifs is 2. The number of nitrogens with one attached hydrogen (secondary N) is 2. The van der Waals surface area contributed by atoms with E-state index in [1.165, 1.54) is 0 Å². The van der Waals surface area contributed by atoms with E-state index in [2.05, 4.69) is 44.6 Å². The fourth-order valence-corrected chi connectivity index (χ4v) is 5.66. The van der Waals surface area contributed by atoms with Gasteiger partial charge < -0.3 is 24.8 Å². The van der Waals surface area contributed by atoms with Gasteiger partial charge in [-0.1, -0.05) is 12.1 Å². The molecule has 1 atom stereocenters. The van der Waals surface area contributed by atoms with Gasteiger partial charge in [0.1, 0.15) is 46.9 Å². The van der Waals surface area contributed by atoms with Gasteiger partial charge in [0.15, 0.2) is 5.65 Å². The van der Waals surface area contributed by atoms with Crippen molar-refractivity contribution in [2.24, 2.45) is 0 Å². The highest BCUT2D eigenvalue weighted by atomic mass is 16.5. The molecule has 5 heterocycles. The maximum absolute atomic E-state index is 6.02. The molecule has 0 radical (unpaired) electrons. The number of nitrogens with zero attached hydrogens (tertiary/aromatic N) is 6. The smallest absolute Gasteiger partial charge is 0.165 e. The Morgan fingerprint density at radius 3 is 2.48 bits per heavy atom. The van der Waals surface area contributed by atoms with Crippen molar-refractivity contribution in [3.05, 3.63) is 79.1 Å². The van der Waals surface area contributed by atoms with Gasteiger partial charge in [-0.25, -0.2) is 24.9 Å². The fraction of sp³-hybridized carbons (Fsp3) is 0.242. The summed E-state index contributed by atoms with van der Waals surface area (Å²) in [5.41, 5.74) is 5.75. The van der Waals surface area contributed by atoms with Gasteiger partial charge in [-0.15, -0.1) is 0 Å². The van der Waals surface area contributed by atoms with Crippen molar-refractivity contribution >= 4 is 44.9 Å². The first-order chi connectivity index (χ1) is 21.6. The molecule has 1 fully saturated rings. The standard InChI is InChI=1S/C33H32N8O3/c1-20-9-10-25-24(11-13-35-31(25)39-21-15-22(42-2)17-23(16-21)43-3)28(20)40-32-26(7-6-12-34-32)29-30-33(37-18-36-29)41(19-38-30)27-8-4-5-14-44-27/h6-7,9-13,15-19,27H,4-5,8,14H2,1-3H3,(H,34,40)(H,35,39). The predicted octanol–water partition coefficient (Wildman–Crippen LogP) is 6.95. The molecule has 222 valence electrons. The molecule has 11 heteroatoms. The van der Waals surface area contributed by atoms with Crippen molar-refractivity contribution in [1.29, 1.82) is 0 Å². The summed E-state index contributed by atoms with van der Waals surface area (Å²) in [5.74, 6) is 2.73. The van der Waals surface area contributed by atoms with Crippen LogP contribution >= 0.6 is 0 Å². The molecule has 4 aromatic heterocycles. The average molecular weight is 589 g/mol. The molecular formula is C33H32N8O3. The van der Waals surface area contributed by atoms with E-state index < -0.39 is 0 Å². The molecule has 0 bridgehead atoms. The van der Waals surface area contributed by atoms with Gasteiger partial charge in [-0.2, -0.15) is 0 Å². The Balaban J connectivity index is 1.27. The van der Waals surface area contributed by atoms with Crippen LogP contribution in [-0.4, -0.2) is 50.3 Å². The van der Waals surface area contributed by atoms with Crippen molar-refractivity contribution in [3.8, 4) is 22.8 Å². The van der Waals surface area contributed by atoms with Crippen LogP contribution in [0.4, 0.5) is 23.0 Å². The lowest BCUT2D eigenvalue weighted by molar-refractivity contribution is -0.0298. The number of hydrogen-bond acceptors (Lipinski definition) is 10. The molecule has 1 aliphatic heterocycles. The van der Waals surface area contributed by atoms with E-state index in [9.17, 15) is 0 Å². The minimum Gasteiger partial charge on any atom is -0.497 e. The number of benzene rings is 2. The summed E-state index contributed by atoms with van der Waals surface area (Å²) in [6, 6.07) is 15.7. The Morgan fingerprint density at radius 2 is 1.68 bits per heavy atom. The zero-order valence-electron chi connectivity index (χ0n) is 24.7. The Bertz CT molecular complexity index is 1950. The molecule has 0 saturated carbocycles. The maximum Gasteiger partial charge on any atom is 0.165 e. The van der Waals surface area contributed by atoms with Crippen molar-refractivity contribution < 1.29 is 14.2 Å². The monoisotopic (exact) mass is 588 g/mol. The zero-order valence-corrected chi connectivity index (χ0v) is 24.7. The van der Waals surface area contributed by atoms with Crippen molar-refractivity contribution in [3.63, 3.8) is 0 Å². The van der Waals surface area contributed by atoms with Gasteiger partial charge in [0.05, 0.1) is 26.2 Å². The average Bonchev–Trinajstić information content (AvgIpc) is 3.51. The summed E-state index contributed by atoms with van der Waals surface area (Å²) in [5, 5.41) is 8.99. The minimum atomic E-state index is -0.0733. The van der Waals surface area contributed by atoms with Crippen molar-refractivity contribution in [2.45, 2.75) is 32.4 Å². The lowest BCUT2D eigenvalue weighted by Crippen LogP contribution is -2.17. The third-order valence-electron chi connectivity index (χ3n) is 7.90. The van der Waals surface area contributed by atoms with E-state index in [0.29, 0.717) is 34.3 Å². The quantitative estimate of drug-likeness (QED) is 0.193. The van der Waals surface area contributed by atoms with E-state index in [0.717, 1.165) is 64.8 Å². The van der Waals surface area contributed by atoms with Gasteiger partial charge in [-0.3, -0.25) is 4.57 Å². The number of hydrogen-bond donors (Lipinski definition) is 2. The predicted molar refractivity (Wildman–Crippen MR) is 170 cm³/mol. The molecule has 2 aromatic carbocycles. The Kier molecular flexibility index (Phi) is 7.37.